The number of benzene rings is 2. The monoisotopic (exact) mass is 375 g/mol. The fourth-order valence-electron chi connectivity index (χ4n) is 3.20. The first-order valence-electron chi connectivity index (χ1n) is 8.21. The molecule has 2 heterocycles. The molecule has 0 saturated heterocycles. The SMILES string of the molecule is COc1c(C[C@H]2CC(c3ccc(Cl)cc3)=NO2)cc2c(c1OC)OCO2. The van der Waals surface area contributed by atoms with Gasteiger partial charge in [0.1, 0.15) is 6.10 Å². The van der Waals surface area contributed by atoms with E-state index in [0.717, 1.165) is 16.8 Å². The van der Waals surface area contributed by atoms with Gasteiger partial charge in [0, 0.05) is 23.4 Å². The van der Waals surface area contributed by atoms with Crippen LogP contribution in [0, 0.1) is 0 Å². The molecule has 0 aromatic heterocycles. The van der Waals surface area contributed by atoms with Crippen molar-refractivity contribution in [2.45, 2.75) is 18.9 Å². The van der Waals surface area contributed by atoms with Crippen molar-refractivity contribution >= 4 is 17.3 Å². The zero-order valence-corrected chi connectivity index (χ0v) is 15.2. The molecule has 136 valence electrons. The van der Waals surface area contributed by atoms with E-state index in [9.17, 15) is 0 Å². The normalized spacial score (nSPS) is 17.7. The summed E-state index contributed by atoms with van der Waals surface area (Å²) < 4.78 is 22.0. The third-order valence-corrected chi connectivity index (χ3v) is 4.67. The number of oxime groups is 1. The van der Waals surface area contributed by atoms with Gasteiger partial charge in [-0.05, 0) is 23.8 Å². The van der Waals surface area contributed by atoms with Crippen molar-refractivity contribution in [3.63, 3.8) is 0 Å². The maximum atomic E-state index is 5.94. The van der Waals surface area contributed by atoms with E-state index in [2.05, 4.69) is 5.16 Å². The highest BCUT2D eigenvalue weighted by Gasteiger charge is 2.29. The molecule has 7 heteroatoms. The smallest absolute Gasteiger partial charge is 0.231 e. The van der Waals surface area contributed by atoms with Crippen LogP contribution < -0.4 is 18.9 Å². The second-order valence-corrected chi connectivity index (χ2v) is 6.45. The molecule has 2 aliphatic rings. The Hall–Kier alpha value is -2.60. The van der Waals surface area contributed by atoms with E-state index in [0.29, 0.717) is 40.9 Å². The van der Waals surface area contributed by atoms with Crippen LogP contribution in [-0.4, -0.2) is 32.8 Å². The molecule has 2 aromatic carbocycles. The molecule has 0 unspecified atom stereocenters. The quantitative estimate of drug-likeness (QED) is 0.795. The van der Waals surface area contributed by atoms with Gasteiger partial charge in [0.05, 0.1) is 19.9 Å². The summed E-state index contributed by atoms with van der Waals surface area (Å²) in [5.74, 6) is 2.38. The Kier molecular flexibility index (Phi) is 4.51. The van der Waals surface area contributed by atoms with Gasteiger partial charge in [0.25, 0.3) is 0 Å². The van der Waals surface area contributed by atoms with Crippen molar-refractivity contribution in [1.82, 2.24) is 0 Å². The maximum absolute atomic E-state index is 5.94. The molecule has 0 spiro atoms. The molecule has 0 aliphatic carbocycles. The summed E-state index contributed by atoms with van der Waals surface area (Å²) in [6.07, 6.45) is 1.21. The second-order valence-electron chi connectivity index (χ2n) is 6.02. The Bertz CT molecular complexity index is 850. The van der Waals surface area contributed by atoms with Crippen LogP contribution in [0.2, 0.25) is 5.02 Å². The summed E-state index contributed by atoms with van der Waals surface area (Å²) in [7, 11) is 3.19. The maximum Gasteiger partial charge on any atom is 0.231 e. The number of hydrogen-bond donors (Lipinski definition) is 0. The van der Waals surface area contributed by atoms with Crippen molar-refractivity contribution < 1.29 is 23.8 Å². The molecule has 4 rings (SSSR count). The van der Waals surface area contributed by atoms with E-state index >= 15 is 0 Å². The Balaban J connectivity index is 1.54. The molecular formula is C19H18ClNO5. The topological polar surface area (TPSA) is 58.5 Å². The predicted octanol–water partition coefficient (Wildman–Crippen LogP) is 3.82. The minimum absolute atomic E-state index is 0.0975. The van der Waals surface area contributed by atoms with Crippen molar-refractivity contribution in [3.05, 3.63) is 46.5 Å². The van der Waals surface area contributed by atoms with Gasteiger partial charge < -0.3 is 23.8 Å². The molecule has 0 saturated carbocycles. The number of rotatable bonds is 5. The van der Waals surface area contributed by atoms with Crippen molar-refractivity contribution in [2.75, 3.05) is 21.0 Å². The zero-order chi connectivity index (χ0) is 18.1. The Morgan fingerprint density at radius 2 is 1.88 bits per heavy atom. The van der Waals surface area contributed by atoms with E-state index in [4.69, 9.17) is 35.4 Å². The highest BCUT2D eigenvalue weighted by Crippen LogP contribution is 2.49. The van der Waals surface area contributed by atoms with Crippen molar-refractivity contribution in [3.8, 4) is 23.0 Å². The second kappa shape index (κ2) is 6.96. The predicted molar refractivity (Wildman–Crippen MR) is 96.9 cm³/mol. The van der Waals surface area contributed by atoms with Crippen LogP contribution in [0.15, 0.2) is 35.5 Å². The molecule has 0 fully saturated rings. The fourth-order valence-corrected chi connectivity index (χ4v) is 3.33. The standard InChI is InChI=1S/C19H18ClNO5/c1-22-17-12(8-16-18(19(17)23-2)25-10-24-16)7-14-9-15(21-26-14)11-3-5-13(20)6-4-11/h3-6,8,14H,7,9-10H2,1-2H3/t14-/m0/s1. The summed E-state index contributed by atoms with van der Waals surface area (Å²) >= 11 is 5.94. The summed E-state index contributed by atoms with van der Waals surface area (Å²) in [5, 5.41) is 4.93. The molecular weight excluding hydrogens is 358 g/mol. The fraction of sp³-hybridized carbons (Fsp3) is 0.316. The minimum Gasteiger partial charge on any atom is -0.492 e. The van der Waals surface area contributed by atoms with Gasteiger partial charge in [0.15, 0.2) is 11.5 Å². The number of halogens is 1. The number of ether oxygens (including phenoxy) is 4. The van der Waals surface area contributed by atoms with E-state index in [1.807, 2.05) is 30.3 Å². The first-order valence-corrected chi connectivity index (χ1v) is 8.59. The van der Waals surface area contributed by atoms with Crippen LogP contribution in [0.3, 0.4) is 0 Å². The van der Waals surface area contributed by atoms with Gasteiger partial charge in [-0.15, -0.1) is 0 Å². The van der Waals surface area contributed by atoms with Crippen LogP contribution in [0.25, 0.3) is 0 Å². The molecule has 2 aliphatic heterocycles. The lowest BCUT2D eigenvalue weighted by molar-refractivity contribution is 0.0853. The number of hydrogen-bond acceptors (Lipinski definition) is 6. The third-order valence-electron chi connectivity index (χ3n) is 4.42. The highest BCUT2D eigenvalue weighted by molar-refractivity contribution is 6.30. The van der Waals surface area contributed by atoms with Crippen LogP contribution >= 0.6 is 11.6 Å². The number of methoxy groups -OCH3 is 2. The van der Waals surface area contributed by atoms with Gasteiger partial charge >= 0.3 is 0 Å². The average Bonchev–Trinajstić information content (AvgIpc) is 3.30. The minimum atomic E-state index is -0.0975. The van der Waals surface area contributed by atoms with E-state index < -0.39 is 0 Å². The van der Waals surface area contributed by atoms with Crippen LogP contribution in [0.4, 0.5) is 0 Å². The Morgan fingerprint density at radius 3 is 2.62 bits per heavy atom. The van der Waals surface area contributed by atoms with E-state index in [1.54, 1.807) is 14.2 Å². The van der Waals surface area contributed by atoms with E-state index in [1.165, 1.54) is 0 Å². The molecule has 6 nitrogen and oxygen atoms in total. The van der Waals surface area contributed by atoms with Crippen molar-refractivity contribution in [2.24, 2.45) is 5.16 Å². The lowest BCUT2D eigenvalue weighted by Crippen LogP contribution is -2.13. The first kappa shape index (κ1) is 16.8. The molecule has 0 amide bonds. The number of nitrogens with zero attached hydrogens (tertiary/aromatic N) is 1. The van der Waals surface area contributed by atoms with Gasteiger partial charge in [0.2, 0.25) is 18.3 Å². The van der Waals surface area contributed by atoms with Crippen LogP contribution in [0.1, 0.15) is 17.5 Å². The van der Waals surface area contributed by atoms with Gasteiger partial charge in [-0.25, -0.2) is 0 Å². The third kappa shape index (κ3) is 3.01. The van der Waals surface area contributed by atoms with Crippen LogP contribution in [0.5, 0.6) is 23.0 Å². The van der Waals surface area contributed by atoms with Gasteiger partial charge in [-0.3, -0.25) is 0 Å². The summed E-state index contributed by atoms with van der Waals surface area (Å²) in [5.41, 5.74) is 2.83. The first-order chi connectivity index (χ1) is 12.7. The molecule has 0 radical (unpaired) electrons. The molecule has 2 aromatic rings. The van der Waals surface area contributed by atoms with Crippen molar-refractivity contribution in [1.29, 1.82) is 0 Å². The summed E-state index contributed by atoms with van der Waals surface area (Å²) in [6, 6.07) is 9.48. The molecule has 0 bridgehead atoms. The Labute approximate surface area is 156 Å². The zero-order valence-electron chi connectivity index (χ0n) is 14.5. The highest BCUT2D eigenvalue weighted by atomic mass is 35.5. The van der Waals surface area contributed by atoms with Gasteiger partial charge in [-0.2, -0.15) is 0 Å². The molecule has 1 atom stereocenters. The summed E-state index contributed by atoms with van der Waals surface area (Å²) in [4.78, 5) is 5.63. The average molecular weight is 376 g/mol. The molecule has 26 heavy (non-hydrogen) atoms. The lowest BCUT2D eigenvalue weighted by Gasteiger charge is -2.16. The molecule has 0 N–H and O–H groups in total. The Morgan fingerprint density at radius 1 is 1.12 bits per heavy atom. The lowest BCUT2D eigenvalue weighted by atomic mass is 9.99. The largest absolute Gasteiger partial charge is 0.492 e. The van der Waals surface area contributed by atoms with Gasteiger partial charge in [-0.1, -0.05) is 28.9 Å². The number of fused-ring (bicyclic) bond motifs is 1. The van der Waals surface area contributed by atoms with Crippen LogP contribution in [-0.2, 0) is 11.3 Å². The van der Waals surface area contributed by atoms with E-state index in [-0.39, 0.29) is 12.9 Å². The summed E-state index contributed by atoms with van der Waals surface area (Å²) in [6.45, 7) is 0.169.